The number of benzene rings is 1. The molecule has 2 N–H and O–H groups in total. The molecule has 1 rings (SSSR count). The van der Waals surface area contributed by atoms with Gasteiger partial charge < -0.3 is 15.2 Å². The van der Waals surface area contributed by atoms with Gasteiger partial charge in [-0.1, -0.05) is 32.9 Å². The molecule has 5 nitrogen and oxygen atoms in total. The molecule has 1 atom stereocenters. The summed E-state index contributed by atoms with van der Waals surface area (Å²) in [5.41, 5.74) is 0.209. The zero-order valence-corrected chi connectivity index (χ0v) is 15.1. The Morgan fingerprint density at radius 3 is 2.17 bits per heavy atom. The maximum atomic E-state index is 12.3. The molecule has 134 valence electrons. The fraction of sp³-hybridized carbons (Fsp3) is 0.579. The number of ether oxygens (including phenoxy) is 1. The molecule has 0 aliphatic carbocycles. The first-order chi connectivity index (χ1) is 11.4. The van der Waals surface area contributed by atoms with Gasteiger partial charge in [-0.05, 0) is 42.9 Å². The van der Waals surface area contributed by atoms with Crippen molar-refractivity contribution in [3.63, 3.8) is 0 Å². The first-order valence-corrected chi connectivity index (χ1v) is 8.56. The van der Waals surface area contributed by atoms with E-state index in [0.29, 0.717) is 19.3 Å². The lowest BCUT2D eigenvalue weighted by Crippen LogP contribution is -2.42. The SMILES string of the molecule is CCC(CC(=O)NCC(CC)(CC)C(=O)O)c1ccc(OC)cc1. The molecule has 1 amide bonds. The third kappa shape index (κ3) is 4.98. The standard InChI is InChI=1S/C19H29NO4/c1-5-14(15-8-10-16(24-4)11-9-15)12-17(21)20-13-19(6-2,7-3)18(22)23/h8-11,14H,5-7,12-13H2,1-4H3,(H,20,21)(H,22,23). The Balaban J connectivity index is 2.68. The lowest BCUT2D eigenvalue weighted by Gasteiger charge is -2.27. The zero-order valence-electron chi connectivity index (χ0n) is 15.1. The molecule has 0 aliphatic heterocycles. The van der Waals surface area contributed by atoms with E-state index in [9.17, 15) is 14.7 Å². The summed E-state index contributed by atoms with van der Waals surface area (Å²) in [6, 6.07) is 7.72. The number of aliphatic carboxylic acids is 1. The van der Waals surface area contributed by atoms with E-state index >= 15 is 0 Å². The number of hydrogen-bond donors (Lipinski definition) is 2. The van der Waals surface area contributed by atoms with E-state index in [1.807, 2.05) is 45.0 Å². The van der Waals surface area contributed by atoms with Crippen molar-refractivity contribution in [3.05, 3.63) is 29.8 Å². The molecule has 0 heterocycles. The van der Waals surface area contributed by atoms with Gasteiger partial charge in [0.2, 0.25) is 5.91 Å². The van der Waals surface area contributed by atoms with E-state index in [-0.39, 0.29) is 18.4 Å². The highest BCUT2D eigenvalue weighted by atomic mass is 16.5. The number of methoxy groups -OCH3 is 1. The maximum absolute atomic E-state index is 12.3. The molecule has 0 spiro atoms. The smallest absolute Gasteiger partial charge is 0.311 e. The molecule has 0 fully saturated rings. The normalized spacial score (nSPS) is 12.5. The van der Waals surface area contributed by atoms with Gasteiger partial charge in [-0.2, -0.15) is 0 Å². The summed E-state index contributed by atoms with van der Waals surface area (Å²) in [4.78, 5) is 23.8. The van der Waals surface area contributed by atoms with Crippen molar-refractivity contribution in [2.45, 2.75) is 52.4 Å². The van der Waals surface area contributed by atoms with Crippen LogP contribution in [0.5, 0.6) is 5.75 Å². The quantitative estimate of drug-likeness (QED) is 0.685. The first kappa shape index (κ1) is 20.0. The van der Waals surface area contributed by atoms with Gasteiger partial charge in [0.25, 0.3) is 0 Å². The predicted molar refractivity (Wildman–Crippen MR) is 94.3 cm³/mol. The van der Waals surface area contributed by atoms with Crippen LogP contribution in [0.3, 0.4) is 0 Å². The van der Waals surface area contributed by atoms with Crippen LogP contribution in [0.1, 0.15) is 57.9 Å². The number of amides is 1. The number of carboxylic acids is 1. The molecule has 1 unspecified atom stereocenters. The third-order valence-electron chi connectivity index (χ3n) is 4.94. The van der Waals surface area contributed by atoms with E-state index in [4.69, 9.17) is 4.74 Å². The van der Waals surface area contributed by atoms with E-state index in [0.717, 1.165) is 17.7 Å². The largest absolute Gasteiger partial charge is 0.497 e. The van der Waals surface area contributed by atoms with E-state index in [1.54, 1.807) is 7.11 Å². The summed E-state index contributed by atoms with van der Waals surface area (Å²) in [6.45, 7) is 5.90. The van der Waals surface area contributed by atoms with Crippen molar-refractivity contribution in [1.82, 2.24) is 5.32 Å². The highest BCUT2D eigenvalue weighted by molar-refractivity contribution is 5.79. The van der Waals surface area contributed by atoms with Crippen molar-refractivity contribution in [2.75, 3.05) is 13.7 Å². The van der Waals surface area contributed by atoms with Crippen LogP contribution < -0.4 is 10.1 Å². The molecular formula is C19H29NO4. The van der Waals surface area contributed by atoms with Crippen LogP contribution in [-0.2, 0) is 9.59 Å². The van der Waals surface area contributed by atoms with E-state index in [2.05, 4.69) is 5.32 Å². The molecule has 0 aromatic heterocycles. The molecule has 0 saturated heterocycles. The van der Waals surface area contributed by atoms with Gasteiger partial charge in [0.1, 0.15) is 5.75 Å². The first-order valence-electron chi connectivity index (χ1n) is 8.56. The molecule has 1 aromatic rings. The molecule has 1 aromatic carbocycles. The Morgan fingerprint density at radius 2 is 1.75 bits per heavy atom. The molecule has 0 saturated carbocycles. The van der Waals surface area contributed by atoms with Crippen molar-refractivity contribution < 1.29 is 19.4 Å². The number of carbonyl (C=O) groups is 2. The van der Waals surface area contributed by atoms with Gasteiger partial charge in [0, 0.05) is 13.0 Å². The third-order valence-corrected chi connectivity index (χ3v) is 4.94. The number of carboxylic acid groups (broad SMARTS) is 1. The van der Waals surface area contributed by atoms with Crippen molar-refractivity contribution in [3.8, 4) is 5.75 Å². The maximum Gasteiger partial charge on any atom is 0.311 e. The minimum atomic E-state index is -0.877. The van der Waals surface area contributed by atoms with Gasteiger partial charge in [0.15, 0.2) is 0 Å². The van der Waals surface area contributed by atoms with Crippen LogP contribution in [0, 0.1) is 5.41 Å². The Morgan fingerprint density at radius 1 is 1.17 bits per heavy atom. The van der Waals surface area contributed by atoms with Gasteiger partial charge in [-0.25, -0.2) is 0 Å². The average Bonchev–Trinajstić information content (AvgIpc) is 2.60. The Bertz CT molecular complexity index is 535. The number of rotatable bonds is 10. The van der Waals surface area contributed by atoms with Crippen LogP contribution in [0.4, 0.5) is 0 Å². The van der Waals surface area contributed by atoms with Crippen LogP contribution in [0.2, 0.25) is 0 Å². The Labute approximate surface area is 144 Å². The highest BCUT2D eigenvalue weighted by Gasteiger charge is 2.35. The highest BCUT2D eigenvalue weighted by Crippen LogP contribution is 2.27. The van der Waals surface area contributed by atoms with Crippen LogP contribution in [0.25, 0.3) is 0 Å². The average molecular weight is 335 g/mol. The molecule has 5 heteroatoms. The molecule has 0 bridgehead atoms. The van der Waals surface area contributed by atoms with Crippen LogP contribution in [-0.4, -0.2) is 30.6 Å². The van der Waals surface area contributed by atoms with Gasteiger partial charge in [-0.3, -0.25) is 9.59 Å². The minimum Gasteiger partial charge on any atom is -0.497 e. The number of hydrogen-bond acceptors (Lipinski definition) is 3. The van der Waals surface area contributed by atoms with Crippen LogP contribution in [0.15, 0.2) is 24.3 Å². The molecule has 0 aliphatic rings. The molecule has 0 radical (unpaired) electrons. The fourth-order valence-corrected chi connectivity index (χ4v) is 2.82. The summed E-state index contributed by atoms with van der Waals surface area (Å²) in [5.74, 6) is -0.0613. The summed E-state index contributed by atoms with van der Waals surface area (Å²) in [6.07, 6.45) is 2.18. The van der Waals surface area contributed by atoms with Gasteiger partial charge in [0.05, 0.1) is 12.5 Å². The van der Waals surface area contributed by atoms with E-state index < -0.39 is 11.4 Å². The lowest BCUT2D eigenvalue weighted by atomic mass is 9.82. The summed E-state index contributed by atoms with van der Waals surface area (Å²) in [7, 11) is 1.62. The number of nitrogens with one attached hydrogen (secondary N) is 1. The second kappa shape index (κ2) is 9.30. The Hall–Kier alpha value is -2.04. The topological polar surface area (TPSA) is 75.6 Å². The minimum absolute atomic E-state index is 0.106. The second-order valence-corrected chi connectivity index (χ2v) is 6.15. The monoisotopic (exact) mass is 335 g/mol. The van der Waals surface area contributed by atoms with Crippen molar-refractivity contribution >= 4 is 11.9 Å². The zero-order chi connectivity index (χ0) is 18.2. The summed E-state index contributed by atoms with van der Waals surface area (Å²) in [5, 5.41) is 12.2. The Kier molecular flexibility index (Phi) is 7.75. The van der Waals surface area contributed by atoms with E-state index in [1.165, 1.54) is 0 Å². The van der Waals surface area contributed by atoms with Crippen molar-refractivity contribution in [2.24, 2.45) is 5.41 Å². The van der Waals surface area contributed by atoms with Gasteiger partial charge in [-0.15, -0.1) is 0 Å². The van der Waals surface area contributed by atoms with Crippen molar-refractivity contribution in [1.29, 1.82) is 0 Å². The van der Waals surface area contributed by atoms with Gasteiger partial charge >= 0.3 is 5.97 Å². The summed E-state index contributed by atoms with van der Waals surface area (Å²) < 4.78 is 5.15. The van der Waals surface area contributed by atoms with Crippen LogP contribution >= 0.6 is 0 Å². The predicted octanol–water partition coefficient (Wildman–Crippen LogP) is 3.59. The number of carbonyl (C=O) groups excluding carboxylic acids is 1. The lowest BCUT2D eigenvalue weighted by molar-refractivity contribution is -0.149. The fourth-order valence-electron chi connectivity index (χ4n) is 2.82. The molecular weight excluding hydrogens is 306 g/mol. The molecule has 24 heavy (non-hydrogen) atoms. The summed E-state index contributed by atoms with van der Waals surface area (Å²) >= 11 is 0. The second-order valence-electron chi connectivity index (χ2n) is 6.15.